The van der Waals surface area contributed by atoms with Crippen LogP contribution in [0, 0.1) is 0 Å². The Morgan fingerprint density at radius 1 is 1.24 bits per heavy atom. The third-order valence-corrected chi connectivity index (χ3v) is 5.43. The molecular weight excluding hydrogens is 336 g/mol. The summed E-state index contributed by atoms with van der Waals surface area (Å²) in [7, 11) is 0. The Morgan fingerprint density at radius 2 is 1.96 bits per heavy atom. The van der Waals surface area contributed by atoms with Gasteiger partial charge in [0.05, 0.1) is 5.75 Å². The van der Waals surface area contributed by atoms with Gasteiger partial charge in [-0.3, -0.25) is 4.79 Å². The molecular formula is C18H24N4O2S. The van der Waals surface area contributed by atoms with Gasteiger partial charge in [0.25, 0.3) is 0 Å². The molecule has 1 aromatic heterocycles. The number of aromatic nitrogens is 3. The molecule has 0 aliphatic heterocycles. The lowest BCUT2D eigenvalue weighted by Crippen LogP contribution is -2.37. The lowest BCUT2D eigenvalue weighted by Gasteiger charge is -2.22. The first-order valence-electron chi connectivity index (χ1n) is 8.82. The second-order valence-electron chi connectivity index (χ2n) is 6.29. The van der Waals surface area contributed by atoms with Gasteiger partial charge in [0.1, 0.15) is 5.75 Å². The van der Waals surface area contributed by atoms with Gasteiger partial charge in [-0.15, -0.1) is 10.2 Å². The normalized spacial score (nSPS) is 15.2. The van der Waals surface area contributed by atoms with Crippen molar-refractivity contribution in [3.05, 3.63) is 24.3 Å². The summed E-state index contributed by atoms with van der Waals surface area (Å²) < 4.78 is 1.99. The van der Waals surface area contributed by atoms with Crippen molar-refractivity contribution in [1.82, 2.24) is 20.1 Å². The van der Waals surface area contributed by atoms with Crippen LogP contribution in [0.2, 0.25) is 0 Å². The Balaban J connectivity index is 1.62. The summed E-state index contributed by atoms with van der Waals surface area (Å²) in [5.41, 5.74) is 0.894. The Kier molecular flexibility index (Phi) is 5.96. The molecule has 0 atom stereocenters. The fraction of sp³-hybridized carbons (Fsp3) is 0.500. The second kappa shape index (κ2) is 8.38. The predicted molar refractivity (Wildman–Crippen MR) is 98.5 cm³/mol. The van der Waals surface area contributed by atoms with Crippen molar-refractivity contribution in [3.8, 4) is 17.1 Å². The van der Waals surface area contributed by atoms with E-state index in [4.69, 9.17) is 0 Å². The average Bonchev–Trinajstić information content (AvgIpc) is 3.04. The first-order chi connectivity index (χ1) is 12.2. The van der Waals surface area contributed by atoms with E-state index in [1.54, 1.807) is 12.1 Å². The Morgan fingerprint density at radius 3 is 2.64 bits per heavy atom. The molecule has 3 rings (SSSR count). The summed E-state index contributed by atoms with van der Waals surface area (Å²) in [4.78, 5) is 12.2. The molecule has 2 aromatic rings. The molecule has 1 aliphatic rings. The molecule has 1 fully saturated rings. The van der Waals surface area contributed by atoms with Crippen LogP contribution in [-0.2, 0) is 11.3 Å². The van der Waals surface area contributed by atoms with Crippen molar-refractivity contribution in [2.75, 3.05) is 5.75 Å². The molecule has 6 nitrogen and oxygen atoms in total. The lowest BCUT2D eigenvalue weighted by molar-refractivity contribution is -0.119. The van der Waals surface area contributed by atoms with Gasteiger partial charge in [0.15, 0.2) is 11.0 Å². The van der Waals surface area contributed by atoms with E-state index in [2.05, 4.69) is 15.5 Å². The Labute approximate surface area is 152 Å². The maximum atomic E-state index is 12.2. The highest BCUT2D eigenvalue weighted by atomic mass is 32.2. The van der Waals surface area contributed by atoms with E-state index >= 15 is 0 Å². The van der Waals surface area contributed by atoms with Crippen LogP contribution in [0.4, 0.5) is 0 Å². The number of carbonyl (C=O) groups is 1. The quantitative estimate of drug-likeness (QED) is 0.773. The zero-order valence-corrected chi connectivity index (χ0v) is 15.3. The van der Waals surface area contributed by atoms with E-state index in [0.29, 0.717) is 11.8 Å². The predicted octanol–water partition coefficient (Wildman–Crippen LogP) is 3.21. The molecule has 25 heavy (non-hydrogen) atoms. The van der Waals surface area contributed by atoms with Crippen molar-refractivity contribution >= 4 is 17.7 Å². The van der Waals surface area contributed by atoms with E-state index in [0.717, 1.165) is 35.9 Å². The topological polar surface area (TPSA) is 80.0 Å². The van der Waals surface area contributed by atoms with Gasteiger partial charge in [0.2, 0.25) is 5.91 Å². The maximum Gasteiger partial charge on any atom is 0.230 e. The van der Waals surface area contributed by atoms with Crippen LogP contribution in [0.3, 0.4) is 0 Å². The van der Waals surface area contributed by atoms with E-state index < -0.39 is 0 Å². The minimum Gasteiger partial charge on any atom is -0.508 e. The van der Waals surface area contributed by atoms with Crippen molar-refractivity contribution in [3.63, 3.8) is 0 Å². The van der Waals surface area contributed by atoms with E-state index in [-0.39, 0.29) is 11.7 Å². The molecule has 1 aliphatic carbocycles. The largest absolute Gasteiger partial charge is 0.508 e. The van der Waals surface area contributed by atoms with Gasteiger partial charge in [-0.25, -0.2) is 0 Å². The number of carbonyl (C=O) groups excluding carboxylic acids is 1. The van der Waals surface area contributed by atoms with Crippen LogP contribution < -0.4 is 5.32 Å². The van der Waals surface area contributed by atoms with Gasteiger partial charge in [-0.2, -0.15) is 0 Å². The summed E-state index contributed by atoms with van der Waals surface area (Å²) in [5, 5.41) is 21.8. The van der Waals surface area contributed by atoms with Crippen molar-refractivity contribution in [1.29, 1.82) is 0 Å². The molecule has 0 saturated heterocycles. The third-order valence-electron chi connectivity index (χ3n) is 4.46. The lowest BCUT2D eigenvalue weighted by atomic mass is 9.95. The maximum absolute atomic E-state index is 12.2. The van der Waals surface area contributed by atoms with Gasteiger partial charge in [-0.05, 0) is 44.0 Å². The zero-order valence-electron chi connectivity index (χ0n) is 14.4. The number of aromatic hydroxyl groups is 1. The third kappa shape index (κ3) is 4.54. The number of phenolic OH excluding ortho intramolecular Hbond substituents is 1. The first-order valence-corrected chi connectivity index (χ1v) is 9.80. The molecule has 2 N–H and O–H groups in total. The smallest absolute Gasteiger partial charge is 0.230 e. The number of nitrogens with one attached hydrogen (secondary N) is 1. The number of thioether (sulfide) groups is 1. The zero-order chi connectivity index (χ0) is 17.6. The van der Waals surface area contributed by atoms with E-state index in [9.17, 15) is 9.90 Å². The number of rotatable bonds is 6. The highest BCUT2D eigenvalue weighted by Crippen LogP contribution is 2.25. The van der Waals surface area contributed by atoms with E-state index in [1.807, 2.05) is 23.6 Å². The van der Waals surface area contributed by atoms with Crippen LogP contribution in [0.25, 0.3) is 11.4 Å². The number of hydrogen-bond acceptors (Lipinski definition) is 5. The highest BCUT2D eigenvalue weighted by Gasteiger charge is 2.18. The van der Waals surface area contributed by atoms with E-state index in [1.165, 1.54) is 31.0 Å². The van der Waals surface area contributed by atoms with Crippen LogP contribution in [0.1, 0.15) is 39.0 Å². The number of benzene rings is 1. The molecule has 1 saturated carbocycles. The fourth-order valence-electron chi connectivity index (χ4n) is 3.15. The number of amides is 1. The van der Waals surface area contributed by atoms with Crippen LogP contribution >= 0.6 is 11.8 Å². The summed E-state index contributed by atoms with van der Waals surface area (Å²) in [5.74, 6) is 1.39. The average molecular weight is 360 g/mol. The summed E-state index contributed by atoms with van der Waals surface area (Å²) >= 11 is 1.41. The number of hydrogen-bond donors (Lipinski definition) is 2. The van der Waals surface area contributed by atoms with Crippen molar-refractivity contribution in [2.24, 2.45) is 0 Å². The molecule has 0 bridgehead atoms. The van der Waals surface area contributed by atoms with Gasteiger partial charge >= 0.3 is 0 Å². The van der Waals surface area contributed by atoms with Gasteiger partial charge in [-0.1, -0.05) is 31.0 Å². The summed E-state index contributed by atoms with van der Waals surface area (Å²) in [6, 6.07) is 7.23. The monoisotopic (exact) mass is 360 g/mol. The molecule has 134 valence electrons. The molecule has 1 amide bonds. The molecule has 0 spiro atoms. The van der Waals surface area contributed by atoms with Crippen LogP contribution in [0.5, 0.6) is 5.75 Å². The number of nitrogens with zero attached hydrogens (tertiary/aromatic N) is 3. The minimum absolute atomic E-state index is 0.0636. The first kappa shape index (κ1) is 17.8. The SMILES string of the molecule is CCn1c(SCC(=O)NC2CCCCC2)nnc1-c1ccc(O)cc1. The van der Waals surface area contributed by atoms with Crippen molar-refractivity contribution in [2.45, 2.75) is 56.8 Å². The standard InChI is InChI=1S/C18H24N4O2S/c1-2-22-17(13-8-10-15(23)11-9-13)20-21-18(22)25-12-16(24)19-14-6-4-3-5-7-14/h8-11,14,23H,2-7,12H2,1H3,(H,19,24). The second-order valence-corrected chi connectivity index (χ2v) is 7.23. The number of phenols is 1. The fourth-order valence-corrected chi connectivity index (χ4v) is 3.96. The molecule has 1 aromatic carbocycles. The Hall–Kier alpha value is -2.02. The van der Waals surface area contributed by atoms with Crippen LogP contribution in [-0.4, -0.2) is 37.6 Å². The van der Waals surface area contributed by atoms with Crippen LogP contribution in [0.15, 0.2) is 29.4 Å². The van der Waals surface area contributed by atoms with Gasteiger partial charge < -0.3 is 15.0 Å². The Bertz CT molecular complexity index is 708. The minimum atomic E-state index is 0.0636. The van der Waals surface area contributed by atoms with Gasteiger partial charge in [0, 0.05) is 18.2 Å². The molecule has 7 heteroatoms. The van der Waals surface area contributed by atoms with Crippen molar-refractivity contribution < 1.29 is 9.90 Å². The molecule has 1 heterocycles. The highest BCUT2D eigenvalue weighted by molar-refractivity contribution is 7.99. The summed E-state index contributed by atoms with van der Waals surface area (Å²) in [6.07, 6.45) is 5.87. The molecule has 0 radical (unpaired) electrons. The molecule has 0 unspecified atom stereocenters. The summed E-state index contributed by atoms with van der Waals surface area (Å²) in [6.45, 7) is 2.75.